The Labute approximate surface area is 182 Å². The third kappa shape index (κ3) is 5.60. The molecule has 0 aliphatic rings. The van der Waals surface area contributed by atoms with Crippen molar-refractivity contribution in [1.82, 2.24) is 19.2 Å². The van der Waals surface area contributed by atoms with E-state index in [1.165, 1.54) is 22.9 Å². The largest absolute Gasteiger partial charge is 0.490 e. The van der Waals surface area contributed by atoms with E-state index >= 15 is 0 Å². The Morgan fingerprint density at radius 3 is 2.64 bits per heavy atom. The van der Waals surface area contributed by atoms with Gasteiger partial charge >= 0.3 is 17.8 Å². The number of fused-ring (bicyclic) bond motifs is 1. The zero-order chi connectivity index (χ0) is 24.2. The molecule has 0 aromatic carbocycles. The SMILES string of the molecule is NC/C(=C\F)Cn1nc2ccc(-c3ccnc(NC(=O)COC(=O)C(F)(F)F)c3)cn2c1=O. The van der Waals surface area contributed by atoms with Gasteiger partial charge in [-0.25, -0.2) is 28.0 Å². The second kappa shape index (κ2) is 9.60. The van der Waals surface area contributed by atoms with Gasteiger partial charge in [-0.3, -0.25) is 4.79 Å². The van der Waals surface area contributed by atoms with Crippen LogP contribution in [0.5, 0.6) is 0 Å². The van der Waals surface area contributed by atoms with Crippen molar-refractivity contribution >= 4 is 23.3 Å². The second-order valence-electron chi connectivity index (χ2n) is 6.61. The summed E-state index contributed by atoms with van der Waals surface area (Å²) in [5.41, 5.74) is 6.37. The van der Waals surface area contributed by atoms with Crippen molar-refractivity contribution in [2.24, 2.45) is 5.73 Å². The van der Waals surface area contributed by atoms with Crippen LogP contribution in [0.3, 0.4) is 0 Å². The van der Waals surface area contributed by atoms with Gasteiger partial charge in [0.25, 0.3) is 5.91 Å². The molecule has 33 heavy (non-hydrogen) atoms. The summed E-state index contributed by atoms with van der Waals surface area (Å²) in [6.07, 6.45) is -2.10. The molecule has 174 valence electrons. The van der Waals surface area contributed by atoms with E-state index in [1.807, 2.05) is 0 Å². The standard InChI is InChI=1S/C19H16F4N6O4/c20-6-11(7-24)8-29-18(32)28-9-13(1-2-15(28)27-29)12-3-4-25-14(5-12)26-16(30)10-33-17(31)19(21,22)23/h1-6,9H,7-8,10,24H2,(H,25,26,30)/b11-6+. The fraction of sp³-hybridized carbons (Fsp3) is 0.211. The summed E-state index contributed by atoms with van der Waals surface area (Å²) in [4.78, 5) is 38.9. The van der Waals surface area contributed by atoms with Gasteiger partial charge in [0.15, 0.2) is 12.3 Å². The number of hydrogen-bond acceptors (Lipinski definition) is 7. The Bertz CT molecular complexity index is 1280. The minimum absolute atomic E-state index is 0.0237. The predicted octanol–water partition coefficient (Wildman–Crippen LogP) is 1.41. The molecule has 0 fully saturated rings. The van der Waals surface area contributed by atoms with E-state index in [0.717, 1.165) is 4.68 Å². The van der Waals surface area contributed by atoms with Gasteiger partial charge in [-0.2, -0.15) is 13.2 Å². The van der Waals surface area contributed by atoms with Gasteiger partial charge in [0.05, 0.1) is 12.9 Å². The number of amides is 1. The number of ether oxygens (including phenoxy) is 1. The van der Waals surface area contributed by atoms with Crippen LogP contribution in [0.4, 0.5) is 23.4 Å². The van der Waals surface area contributed by atoms with E-state index in [9.17, 15) is 31.9 Å². The zero-order valence-corrected chi connectivity index (χ0v) is 16.7. The van der Waals surface area contributed by atoms with Crippen LogP contribution < -0.4 is 16.7 Å². The summed E-state index contributed by atoms with van der Waals surface area (Å²) in [5, 5.41) is 6.32. The number of halogens is 4. The fourth-order valence-electron chi connectivity index (χ4n) is 2.70. The van der Waals surface area contributed by atoms with Gasteiger partial charge in [0.1, 0.15) is 5.82 Å². The number of nitrogens with zero attached hydrogens (tertiary/aromatic N) is 4. The Morgan fingerprint density at radius 1 is 1.21 bits per heavy atom. The second-order valence-corrected chi connectivity index (χ2v) is 6.61. The summed E-state index contributed by atoms with van der Waals surface area (Å²) < 4.78 is 55.3. The van der Waals surface area contributed by atoms with Crippen LogP contribution in [0, 0.1) is 0 Å². The maximum Gasteiger partial charge on any atom is 0.490 e. The monoisotopic (exact) mass is 468 g/mol. The molecule has 14 heteroatoms. The number of carbonyl (C=O) groups is 2. The molecule has 0 aliphatic carbocycles. The molecule has 0 spiro atoms. The van der Waals surface area contributed by atoms with Gasteiger partial charge in [0.2, 0.25) is 0 Å². The number of nitrogens with two attached hydrogens (primary N) is 1. The first-order valence-corrected chi connectivity index (χ1v) is 9.20. The van der Waals surface area contributed by atoms with Crippen molar-refractivity contribution in [3.8, 4) is 11.1 Å². The average molecular weight is 468 g/mol. The zero-order valence-electron chi connectivity index (χ0n) is 16.7. The normalized spacial score (nSPS) is 12.1. The van der Waals surface area contributed by atoms with E-state index in [0.29, 0.717) is 23.1 Å². The molecule has 0 unspecified atom stereocenters. The number of rotatable bonds is 7. The molecular weight excluding hydrogens is 452 g/mol. The molecule has 1 amide bonds. The van der Waals surface area contributed by atoms with Gasteiger partial charge in [-0.15, -0.1) is 5.10 Å². The van der Waals surface area contributed by atoms with E-state index < -0.39 is 30.3 Å². The third-order valence-corrected chi connectivity index (χ3v) is 4.27. The van der Waals surface area contributed by atoms with Crippen LogP contribution in [-0.2, 0) is 20.9 Å². The number of esters is 1. The highest BCUT2D eigenvalue weighted by molar-refractivity contribution is 5.92. The highest BCUT2D eigenvalue weighted by Crippen LogP contribution is 2.21. The molecule has 0 aliphatic heterocycles. The fourth-order valence-corrected chi connectivity index (χ4v) is 2.70. The number of pyridine rings is 2. The number of anilines is 1. The lowest BCUT2D eigenvalue weighted by molar-refractivity contribution is -0.199. The minimum Gasteiger partial charge on any atom is -0.449 e. The summed E-state index contributed by atoms with van der Waals surface area (Å²) in [6, 6.07) is 6.14. The molecule has 0 radical (unpaired) electrons. The molecule has 10 nitrogen and oxygen atoms in total. The summed E-state index contributed by atoms with van der Waals surface area (Å²) in [5.74, 6) is -3.54. The van der Waals surface area contributed by atoms with Crippen molar-refractivity contribution in [2.45, 2.75) is 12.7 Å². The smallest absolute Gasteiger partial charge is 0.449 e. The van der Waals surface area contributed by atoms with Gasteiger partial charge in [-0.1, -0.05) is 0 Å². The topological polar surface area (TPSA) is 134 Å². The molecule has 0 atom stereocenters. The molecule has 3 heterocycles. The van der Waals surface area contributed by atoms with Crippen molar-refractivity contribution in [3.05, 3.63) is 59.0 Å². The Morgan fingerprint density at radius 2 is 1.97 bits per heavy atom. The number of alkyl halides is 3. The molecule has 3 rings (SSSR count). The summed E-state index contributed by atoms with van der Waals surface area (Å²) in [7, 11) is 0. The lowest BCUT2D eigenvalue weighted by Crippen LogP contribution is -2.29. The maximum atomic E-state index is 12.8. The molecule has 3 aromatic rings. The first kappa shape index (κ1) is 23.6. The Balaban J connectivity index is 1.78. The van der Waals surface area contributed by atoms with Gasteiger partial charge in [0, 0.05) is 18.9 Å². The first-order valence-electron chi connectivity index (χ1n) is 9.20. The van der Waals surface area contributed by atoms with Crippen LogP contribution in [0.15, 0.2) is 53.4 Å². The quantitative estimate of drug-likeness (QED) is 0.396. The van der Waals surface area contributed by atoms with E-state index in [4.69, 9.17) is 5.73 Å². The average Bonchev–Trinajstić information content (AvgIpc) is 3.09. The summed E-state index contributed by atoms with van der Waals surface area (Å²) in [6.45, 7) is -1.35. The number of carbonyl (C=O) groups excluding carboxylic acids is 2. The molecular formula is C19H16F4N6O4. The number of aromatic nitrogens is 4. The van der Waals surface area contributed by atoms with Gasteiger partial charge in [-0.05, 0) is 41.0 Å². The first-order chi connectivity index (χ1) is 15.6. The number of nitrogens with one attached hydrogen (secondary N) is 1. The van der Waals surface area contributed by atoms with E-state index in [-0.39, 0.29) is 24.5 Å². The van der Waals surface area contributed by atoms with Crippen LogP contribution in [0.2, 0.25) is 0 Å². The van der Waals surface area contributed by atoms with Crippen molar-refractivity contribution in [1.29, 1.82) is 0 Å². The van der Waals surface area contributed by atoms with Crippen LogP contribution in [0.1, 0.15) is 0 Å². The van der Waals surface area contributed by atoms with E-state index in [1.54, 1.807) is 18.2 Å². The lowest BCUT2D eigenvalue weighted by Gasteiger charge is -2.09. The van der Waals surface area contributed by atoms with Crippen molar-refractivity contribution in [3.63, 3.8) is 0 Å². The highest BCUT2D eigenvalue weighted by atomic mass is 19.4. The van der Waals surface area contributed by atoms with Crippen molar-refractivity contribution < 1.29 is 31.9 Å². The van der Waals surface area contributed by atoms with Crippen molar-refractivity contribution in [2.75, 3.05) is 18.5 Å². The Kier molecular flexibility index (Phi) is 6.86. The Hall–Kier alpha value is -4.07. The third-order valence-electron chi connectivity index (χ3n) is 4.27. The van der Waals surface area contributed by atoms with Gasteiger partial charge < -0.3 is 15.8 Å². The van der Waals surface area contributed by atoms with Crippen LogP contribution in [0.25, 0.3) is 16.8 Å². The van der Waals surface area contributed by atoms with Crippen LogP contribution >= 0.6 is 0 Å². The van der Waals surface area contributed by atoms with Crippen LogP contribution in [-0.4, -0.2) is 50.4 Å². The molecule has 0 bridgehead atoms. The molecule has 3 aromatic heterocycles. The summed E-state index contributed by atoms with van der Waals surface area (Å²) >= 11 is 0. The maximum absolute atomic E-state index is 12.8. The predicted molar refractivity (Wildman–Crippen MR) is 107 cm³/mol. The molecule has 0 saturated carbocycles. The number of hydrogen-bond donors (Lipinski definition) is 2. The molecule has 0 saturated heterocycles. The minimum atomic E-state index is -5.21. The molecule has 3 N–H and O–H groups in total. The lowest BCUT2D eigenvalue weighted by atomic mass is 10.1. The highest BCUT2D eigenvalue weighted by Gasteiger charge is 2.41. The van der Waals surface area contributed by atoms with E-state index in [2.05, 4.69) is 20.1 Å².